The number of Topliss-reactive ketones (excluding diaryl/α,β-unsaturated/α-hetero) is 1. The van der Waals surface area contributed by atoms with Crippen LogP contribution in [0.15, 0.2) is 21.3 Å². The van der Waals surface area contributed by atoms with Gasteiger partial charge in [0, 0.05) is 16.5 Å². The average molecular weight is 314 g/mol. The second kappa shape index (κ2) is 6.19. The number of carbonyl (C=O) groups excluding carboxylic acids is 1. The summed E-state index contributed by atoms with van der Waals surface area (Å²) in [6.45, 7) is 5.09. The molecule has 2 aromatic rings. The third-order valence-corrected chi connectivity index (χ3v) is 4.72. The highest BCUT2D eigenvalue weighted by Crippen LogP contribution is 2.32. The molecule has 122 valence electrons. The first-order valence-electron chi connectivity index (χ1n) is 8.24. The molecule has 1 atom stereocenters. The molecule has 0 unspecified atom stereocenters. The molecule has 1 heterocycles. The summed E-state index contributed by atoms with van der Waals surface area (Å²) in [5.74, 6) is 0.560. The third-order valence-electron chi connectivity index (χ3n) is 4.72. The highest BCUT2D eigenvalue weighted by atomic mass is 16.5. The third kappa shape index (κ3) is 2.90. The Labute approximate surface area is 135 Å². The number of fused-ring (bicyclic) bond motifs is 3. The Balaban J connectivity index is 2.15. The number of hydrogen-bond donors (Lipinski definition) is 0. The molecule has 1 aromatic carbocycles. The highest BCUT2D eigenvalue weighted by molar-refractivity contribution is 5.86. The van der Waals surface area contributed by atoms with Crippen molar-refractivity contribution >= 4 is 16.8 Å². The van der Waals surface area contributed by atoms with Crippen molar-refractivity contribution in [2.45, 2.75) is 59.0 Å². The maximum Gasteiger partial charge on any atom is 0.339 e. The van der Waals surface area contributed by atoms with E-state index in [-0.39, 0.29) is 11.4 Å². The molecule has 0 saturated carbocycles. The number of aryl methyl sites for hydroxylation is 2. The van der Waals surface area contributed by atoms with Gasteiger partial charge in [0.1, 0.15) is 11.3 Å². The number of benzene rings is 1. The van der Waals surface area contributed by atoms with E-state index in [9.17, 15) is 9.59 Å². The van der Waals surface area contributed by atoms with E-state index in [0.29, 0.717) is 11.3 Å². The van der Waals surface area contributed by atoms with Crippen LogP contribution in [-0.2, 0) is 17.6 Å². The van der Waals surface area contributed by atoms with Crippen LogP contribution in [0.2, 0.25) is 0 Å². The molecule has 0 aliphatic heterocycles. The molecule has 1 aliphatic rings. The largest absolute Gasteiger partial charge is 0.483 e. The molecule has 0 spiro atoms. The summed E-state index contributed by atoms with van der Waals surface area (Å²) in [5, 5.41) is 1.00. The summed E-state index contributed by atoms with van der Waals surface area (Å²) < 4.78 is 11.3. The Kier molecular flexibility index (Phi) is 4.24. The van der Waals surface area contributed by atoms with Gasteiger partial charge in [-0.15, -0.1) is 0 Å². The van der Waals surface area contributed by atoms with Crippen molar-refractivity contribution in [3.05, 3.63) is 39.2 Å². The lowest BCUT2D eigenvalue weighted by Gasteiger charge is -2.16. The van der Waals surface area contributed by atoms with Gasteiger partial charge in [-0.1, -0.05) is 6.42 Å². The fraction of sp³-hybridized carbons (Fsp3) is 0.474. The molecule has 0 radical (unpaired) electrons. The zero-order chi connectivity index (χ0) is 16.6. The molecule has 0 saturated heterocycles. The van der Waals surface area contributed by atoms with Crippen molar-refractivity contribution in [3.63, 3.8) is 0 Å². The van der Waals surface area contributed by atoms with E-state index in [1.807, 2.05) is 19.1 Å². The summed E-state index contributed by atoms with van der Waals surface area (Å²) >= 11 is 0. The molecule has 23 heavy (non-hydrogen) atoms. The SMILES string of the molecule is CC(=O)[C@H](C)Oc1ccc2c3c(c(=O)oc2c1C)CCCCC3. The van der Waals surface area contributed by atoms with Gasteiger partial charge in [-0.2, -0.15) is 0 Å². The number of rotatable bonds is 3. The van der Waals surface area contributed by atoms with Crippen molar-refractivity contribution in [2.24, 2.45) is 0 Å². The topological polar surface area (TPSA) is 56.5 Å². The van der Waals surface area contributed by atoms with Gasteiger partial charge in [0.25, 0.3) is 0 Å². The summed E-state index contributed by atoms with van der Waals surface area (Å²) in [6.07, 6.45) is 4.49. The van der Waals surface area contributed by atoms with Crippen molar-refractivity contribution in [2.75, 3.05) is 0 Å². The van der Waals surface area contributed by atoms with Gasteiger partial charge in [-0.05, 0) is 64.2 Å². The van der Waals surface area contributed by atoms with E-state index >= 15 is 0 Å². The first-order chi connectivity index (χ1) is 11.0. The lowest BCUT2D eigenvalue weighted by atomic mass is 9.98. The first kappa shape index (κ1) is 15.8. The van der Waals surface area contributed by atoms with Crippen LogP contribution in [0.5, 0.6) is 5.75 Å². The van der Waals surface area contributed by atoms with E-state index in [2.05, 4.69) is 0 Å². The Bertz CT molecular complexity index is 816. The van der Waals surface area contributed by atoms with Gasteiger partial charge >= 0.3 is 5.63 Å². The molecule has 1 aliphatic carbocycles. The summed E-state index contributed by atoms with van der Waals surface area (Å²) in [6, 6.07) is 3.83. The molecule has 1 aromatic heterocycles. The summed E-state index contributed by atoms with van der Waals surface area (Å²) in [4.78, 5) is 23.8. The second-order valence-corrected chi connectivity index (χ2v) is 6.34. The summed E-state index contributed by atoms with van der Waals surface area (Å²) in [5.41, 5.74) is 3.10. The minimum atomic E-state index is -0.515. The highest BCUT2D eigenvalue weighted by Gasteiger charge is 2.20. The zero-order valence-electron chi connectivity index (χ0n) is 13.9. The molecule has 4 nitrogen and oxygen atoms in total. The van der Waals surface area contributed by atoms with Crippen molar-refractivity contribution in [1.29, 1.82) is 0 Å². The van der Waals surface area contributed by atoms with E-state index in [4.69, 9.17) is 9.15 Å². The van der Waals surface area contributed by atoms with Gasteiger partial charge in [-0.25, -0.2) is 4.79 Å². The van der Waals surface area contributed by atoms with E-state index in [1.54, 1.807) is 6.92 Å². The normalized spacial score (nSPS) is 15.8. The van der Waals surface area contributed by atoms with Crippen LogP contribution in [0.1, 0.15) is 49.8 Å². The predicted octanol–water partition coefficient (Wildman–Crippen LogP) is 3.73. The van der Waals surface area contributed by atoms with Crippen molar-refractivity contribution in [1.82, 2.24) is 0 Å². The van der Waals surface area contributed by atoms with E-state index in [0.717, 1.165) is 54.2 Å². The molecule has 0 bridgehead atoms. The van der Waals surface area contributed by atoms with E-state index in [1.165, 1.54) is 6.92 Å². The molecule has 4 heteroatoms. The molecule has 3 rings (SSSR count). The van der Waals surface area contributed by atoms with Crippen molar-refractivity contribution < 1.29 is 13.9 Å². The Morgan fingerprint density at radius 1 is 1.17 bits per heavy atom. The summed E-state index contributed by atoms with van der Waals surface area (Å²) in [7, 11) is 0. The van der Waals surface area contributed by atoms with Crippen LogP contribution >= 0.6 is 0 Å². The second-order valence-electron chi connectivity index (χ2n) is 6.34. The Morgan fingerprint density at radius 2 is 1.87 bits per heavy atom. The van der Waals surface area contributed by atoms with Crippen LogP contribution in [0.4, 0.5) is 0 Å². The Morgan fingerprint density at radius 3 is 2.57 bits per heavy atom. The minimum absolute atomic E-state index is 0.0344. The van der Waals surface area contributed by atoms with Gasteiger partial charge < -0.3 is 9.15 Å². The predicted molar refractivity (Wildman–Crippen MR) is 89.3 cm³/mol. The lowest BCUT2D eigenvalue weighted by molar-refractivity contribution is -0.122. The Hall–Kier alpha value is -2.10. The van der Waals surface area contributed by atoms with Gasteiger partial charge in [-0.3, -0.25) is 4.79 Å². The number of ether oxygens (including phenoxy) is 1. The van der Waals surface area contributed by atoms with Crippen LogP contribution in [-0.4, -0.2) is 11.9 Å². The maximum absolute atomic E-state index is 12.4. The lowest BCUT2D eigenvalue weighted by Crippen LogP contribution is -2.21. The quantitative estimate of drug-likeness (QED) is 0.640. The van der Waals surface area contributed by atoms with Crippen LogP contribution < -0.4 is 10.4 Å². The monoisotopic (exact) mass is 314 g/mol. The molecule has 0 fully saturated rings. The number of carbonyl (C=O) groups is 1. The first-order valence-corrected chi connectivity index (χ1v) is 8.24. The fourth-order valence-corrected chi connectivity index (χ4v) is 3.20. The fourth-order valence-electron chi connectivity index (χ4n) is 3.20. The zero-order valence-corrected chi connectivity index (χ0v) is 13.9. The van der Waals surface area contributed by atoms with Gasteiger partial charge in [0.05, 0.1) is 0 Å². The standard InChI is InChI=1S/C19H22O4/c1-11-17(22-13(3)12(2)20)10-9-15-14-7-5-4-6-8-16(14)19(21)23-18(11)15/h9-10,13H,4-8H2,1-3H3/t13-/m0/s1. The molecule has 0 amide bonds. The van der Waals surface area contributed by atoms with Crippen LogP contribution in [0, 0.1) is 6.92 Å². The molecule has 0 N–H and O–H groups in total. The maximum atomic E-state index is 12.4. The van der Waals surface area contributed by atoms with E-state index < -0.39 is 6.10 Å². The van der Waals surface area contributed by atoms with Crippen molar-refractivity contribution in [3.8, 4) is 5.75 Å². The molecular weight excluding hydrogens is 292 g/mol. The smallest absolute Gasteiger partial charge is 0.339 e. The van der Waals surface area contributed by atoms with Crippen LogP contribution in [0.3, 0.4) is 0 Å². The van der Waals surface area contributed by atoms with Crippen LogP contribution in [0.25, 0.3) is 11.0 Å². The minimum Gasteiger partial charge on any atom is -0.483 e. The van der Waals surface area contributed by atoms with Gasteiger partial charge in [0.2, 0.25) is 0 Å². The average Bonchev–Trinajstić information content (AvgIpc) is 2.77. The number of ketones is 1. The van der Waals surface area contributed by atoms with Gasteiger partial charge in [0.15, 0.2) is 11.9 Å². The number of hydrogen-bond acceptors (Lipinski definition) is 4. The molecular formula is C19H22O4.